The summed E-state index contributed by atoms with van der Waals surface area (Å²) in [5, 5.41) is 0. The minimum absolute atomic E-state index is 0.488. The molecule has 1 aromatic carbocycles. The number of rotatable bonds is 1. The lowest BCUT2D eigenvalue weighted by Gasteiger charge is -1.92. The van der Waals surface area contributed by atoms with Gasteiger partial charge in [0, 0.05) is 5.56 Å². The lowest BCUT2D eigenvalue weighted by atomic mass is 10.1. The van der Waals surface area contributed by atoms with Crippen LogP contribution in [-0.4, -0.2) is 6.26 Å². The predicted molar refractivity (Wildman–Crippen MR) is 36.6 cm³/mol. The van der Waals surface area contributed by atoms with Crippen LogP contribution >= 0.6 is 0 Å². The maximum absolute atomic E-state index is 10.5. The van der Waals surface area contributed by atoms with Crippen molar-refractivity contribution in [2.45, 2.75) is 6.92 Å². The van der Waals surface area contributed by atoms with Crippen molar-refractivity contribution in [3.63, 3.8) is 0 Å². The Bertz CT molecular complexity index is 255. The molecule has 0 aliphatic heterocycles. The normalized spacial score (nSPS) is 10.6. The quantitative estimate of drug-likeness (QED) is 0.518. The summed E-state index contributed by atoms with van der Waals surface area (Å²) in [6.45, 7) is 1.82. The van der Waals surface area contributed by atoms with Crippen LogP contribution in [-0.2, 0) is 0 Å². The fourth-order valence-corrected chi connectivity index (χ4v) is 0.687. The van der Waals surface area contributed by atoms with Gasteiger partial charge < -0.3 is 0 Å². The third kappa shape index (κ3) is 1.17. The van der Waals surface area contributed by atoms with Gasteiger partial charge in [-0.15, -0.1) is 0 Å². The van der Waals surface area contributed by atoms with Crippen LogP contribution in [0.4, 0.5) is 0 Å². The second-order valence-corrected chi connectivity index (χ2v) is 1.92. The van der Waals surface area contributed by atoms with Crippen LogP contribution in [0.3, 0.4) is 0 Å². The van der Waals surface area contributed by atoms with Gasteiger partial charge in [-0.25, -0.2) is 0 Å². The largest absolute Gasteiger partial charge is 0.298 e. The molecule has 1 aromatic rings. The van der Waals surface area contributed by atoms with E-state index in [-0.39, 0.29) is 0 Å². The van der Waals surface area contributed by atoms with E-state index in [0.717, 1.165) is 5.56 Å². The molecule has 1 rings (SSSR count). The van der Waals surface area contributed by atoms with E-state index >= 15 is 0 Å². The van der Waals surface area contributed by atoms with Gasteiger partial charge in [0.25, 0.3) is 0 Å². The zero-order valence-electron chi connectivity index (χ0n) is 6.22. The third-order valence-corrected chi connectivity index (χ3v) is 1.26. The number of carbonyl (C=O) groups excluding carboxylic acids is 1. The highest BCUT2D eigenvalue weighted by molar-refractivity contribution is 5.76. The Morgan fingerprint density at radius 2 is 2.22 bits per heavy atom. The van der Waals surface area contributed by atoms with Crippen molar-refractivity contribution in [2.24, 2.45) is 0 Å². The summed E-state index contributed by atoms with van der Waals surface area (Å²) in [6, 6.07) is 7.09. The molecule has 0 saturated heterocycles. The van der Waals surface area contributed by atoms with E-state index in [1.165, 1.54) is 0 Å². The van der Waals surface area contributed by atoms with Gasteiger partial charge in [0.2, 0.25) is 0 Å². The molecule has 0 fully saturated rings. The molecule has 0 aliphatic rings. The molecule has 0 spiro atoms. The van der Waals surface area contributed by atoms with Gasteiger partial charge in [-0.05, 0) is 12.5 Å². The number of hydrogen-bond donors (Lipinski definition) is 0. The zero-order valence-corrected chi connectivity index (χ0v) is 5.22. The molecule has 0 amide bonds. The highest BCUT2D eigenvalue weighted by Gasteiger charge is 1.90. The summed E-state index contributed by atoms with van der Waals surface area (Å²) in [4.78, 5) is 10.5. The maximum Gasteiger partial charge on any atom is 0.150 e. The molecule has 0 heterocycles. The van der Waals surface area contributed by atoms with Crippen molar-refractivity contribution in [3.8, 4) is 0 Å². The van der Waals surface area contributed by atoms with Gasteiger partial charge in [0.15, 0.2) is 0 Å². The van der Waals surface area contributed by atoms with E-state index in [1.54, 1.807) is 12.1 Å². The van der Waals surface area contributed by atoms with Crippen LogP contribution in [0, 0.1) is 6.92 Å². The second-order valence-electron chi connectivity index (χ2n) is 1.92. The summed E-state index contributed by atoms with van der Waals surface area (Å²) in [5.41, 5.74) is 1.35. The van der Waals surface area contributed by atoms with Crippen LogP contribution in [0.15, 0.2) is 24.3 Å². The van der Waals surface area contributed by atoms with Gasteiger partial charge in [-0.2, -0.15) is 0 Å². The number of benzene rings is 1. The van der Waals surface area contributed by atoms with E-state index in [9.17, 15) is 4.79 Å². The minimum atomic E-state index is -0.613. The molecule has 46 valence electrons. The summed E-state index contributed by atoms with van der Waals surface area (Å²) in [5.74, 6) is 0. The van der Waals surface area contributed by atoms with Crippen LogP contribution in [0.25, 0.3) is 0 Å². The van der Waals surface area contributed by atoms with Crippen molar-refractivity contribution >= 4 is 6.26 Å². The Balaban J connectivity index is 3.15. The standard InChI is InChI=1S/C8H8O/c1-7-4-2-3-5-8(7)6-9/h2-6H,1H3/i6D. The van der Waals surface area contributed by atoms with Gasteiger partial charge in [0.1, 0.15) is 7.63 Å². The second kappa shape index (κ2) is 2.44. The molecule has 0 bridgehead atoms. The van der Waals surface area contributed by atoms with E-state index in [4.69, 9.17) is 1.37 Å². The van der Waals surface area contributed by atoms with Crippen molar-refractivity contribution in [2.75, 3.05) is 0 Å². The molecular formula is C8H8O. The average molecular weight is 121 g/mol. The van der Waals surface area contributed by atoms with Crippen molar-refractivity contribution in [1.82, 2.24) is 0 Å². The van der Waals surface area contributed by atoms with Crippen LogP contribution in [0.2, 0.25) is 0 Å². The van der Waals surface area contributed by atoms with Crippen LogP contribution < -0.4 is 0 Å². The highest BCUT2D eigenvalue weighted by Crippen LogP contribution is 2.02. The summed E-state index contributed by atoms with van der Waals surface area (Å²) >= 11 is 0. The first-order valence-electron chi connectivity index (χ1n) is 3.28. The summed E-state index contributed by atoms with van der Waals surface area (Å²) in [6.07, 6.45) is -0.613. The molecule has 0 aromatic heterocycles. The first-order chi connectivity index (χ1) is 4.72. The number of hydrogen-bond acceptors (Lipinski definition) is 1. The van der Waals surface area contributed by atoms with Gasteiger partial charge in [-0.1, -0.05) is 24.3 Å². The average Bonchev–Trinajstić information content (AvgIpc) is 1.88. The van der Waals surface area contributed by atoms with Crippen LogP contribution in [0.1, 0.15) is 17.3 Å². The Morgan fingerprint density at radius 1 is 1.56 bits per heavy atom. The first-order valence-corrected chi connectivity index (χ1v) is 2.78. The smallest absolute Gasteiger partial charge is 0.150 e. The first kappa shape index (κ1) is 4.74. The summed E-state index contributed by atoms with van der Waals surface area (Å²) in [7, 11) is 0. The summed E-state index contributed by atoms with van der Waals surface area (Å²) < 4.78 is 6.82. The Hall–Kier alpha value is -1.11. The molecular weight excluding hydrogens is 112 g/mol. The molecule has 0 saturated carbocycles. The Labute approximate surface area is 55.7 Å². The van der Waals surface area contributed by atoms with E-state index < -0.39 is 6.26 Å². The molecule has 0 aliphatic carbocycles. The maximum atomic E-state index is 10.5. The third-order valence-electron chi connectivity index (χ3n) is 1.26. The molecule has 0 N–H and O–H groups in total. The fraction of sp³-hybridized carbons (Fsp3) is 0.125. The Kier molecular flexibility index (Phi) is 1.29. The molecule has 1 heteroatoms. The topological polar surface area (TPSA) is 17.1 Å². The highest BCUT2D eigenvalue weighted by atomic mass is 16.1. The molecule has 0 atom stereocenters. The SMILES string of the molecule is [2H]C(=O)c1ccccc1C. The lowest BCUT2D eigenvalue weighted by molar-refractivity contribution is 0.112. The van der Waals surface area contributed by atoms with Crippen molar-refractivity contribution in [3.05, 3.63) is 35.4 Å². The van der Waals surface area contributed by atoms with Crippen molar-refractivity contribution < 1.29 is 6.17 Å². The van der Waals surface area contributed by atoms with Gasteiger partial charge >= 0.3 is 0 Å². The fourth-order valence-electron chi connectivity index (χ4n) is 0.687. The van der Waals surface area contributed by atoms with Crippen molar-refractivity contribution in [1.29, 1.82) is 0 Å². The van der Waals surface area contributed by atoms with Crippen LogP contribution in [0.5, 0.6) is 0 Å². The molecule has 1 nitrogen and oxygen atoms in total. The number of carbonyl (C=O) groups is 1. The lowest BCUT2D eigenvalue weighted by Crippen LogP contribution is -1.82. The van der Waals surface area contributed by atoms with Gasteiger partial charge in [-0.3, -0.25) is 4.79 Å². The molecule has 0 radical (unpaired) electrons. The van der Waals surface area contributed by atoms with E-state index in [1.807, 2.05) is 19.1 Å². The molecule has 0 unspecified atom stereocenters. The Morgan fingerprint density at radius 3 is 2.67 bits per heavy atom. The minimum Gasteiger partial charge on any atom is -0.298 e. The number of aldehydes is 1. The zero-order chi connectivity index (χ0) is 7.56. The monoisotopic (exact) mass is 121 g/mol. The van der Waals surface area contributed by atoms with E-state index in [2.05, 4.69) is 0 Å². The molecule has 9 heavy (non-hydrogen) atoms. The number of aryl methyl sites for hydroxylation is 1. The predicted octanol–water partition coefficient (Wildman–Crippen LogP) is 1.81. The van der Waals surface area contributed by atoms with Gasteiger partial charge in [0.05, 0.1) is 0 Å². The van der Waals surface area contributed by atoms with E-state index in [0.29, 0.717) is 5.56 Å².